The third kappa shape index (κ3) is 1.21. The van der Waals surface area contributed by atoms with E-state index < -0.39 is 0 Å². The van der Waals surface area contributed by atoms with Crippen molar-refractivity contribution >= 4 is 22.1 Å². The molecule has 4 nitrogen and oxygen atoms in total. The minimum Gasteiger partial charge on any atom is -0.342 e. The zero-order valence-corrected chi connectivity index (χ0v) is 8.76. The van der Waals surface area contributed by atoms with E-state index in [1.165, 1.54) is 0 Å². The van der Waals surface area contributed by atoms with Crippen LogP contribution in [0.1, 0.15) is 18.6 Å². The number of aromatic nitrogens is 4. The highest BCUT2D eigenvalue weighted by molar-refractivity contribution is 5.91. The number of H-pyrrole nitrogens is 2. The van der Waals surface area contributed by atoms with Gasteiger partial charge in [0.1, 0.15) is 11.6 Å². The lowest BCUT2D eigenvalue weighted by Gasteiger charge is -1.87. The van der Waals surface area contributed by atoms with Gasteiger partial charge in [-0.1, -0.05) is 6.92 Å². The van der Waals surface area contributed by atoms with Crippen molar-refractivity contribution in [2.24, 2.45) is 0 Å². The van der Waals surface area contributed by atoms with Gasteiger partial charge in [-0.05, 0) is 19.1 Å². The van der Waals surface area contributed by atoms with Gasteiger partial charge < -0.3 is 9.97 Å². The molecule has 15 heavy (non-hydrogen) atoms. The molecule has 0 saturated heterocycles. The Hall–Kier alpha value is -1.84. The van der Waals surface area contributed by atoms with Gasteiger partial charge in [0.25, 0.3) is 0 Å². The molecule has 1 aromatic carbocycles. The Morgan fingerprint density at radius 1 is 1.07 bits per heavy atom. The first-order valence-corrected chi connectivity index (χ1v) is 5.11. The maximum absolute atomic E-state index is 4.49. The largest absolute Gasteiger partial charge is 0.342 e. The third-order valence-electron chi connectivity index (χ3n) is 2.59. The third-order valence-corrected chi connectivity index (χ3v) is 2.59. The van der Waals surface area contributed by atoms with Crippen molar-refractivity contribution in [3.63, 3.8) is 0 Å². The molecule has 2 aromatic heterocycles. The Bertz CT molecular complexity index is 581. The maximum atomic E-state index is 4.49. The van der Waals surface area contributed by atoms with Crippen LogP contribution in [0.15, 0.2) is 12.1 Å². The van der Waals surface area contributed by atoms with Gasteiger partial charge in [0.05, 0.1) is 22.1 Å². The van der Waals surface area contributed by atoms with E-state index in [0.29, 0.717) is 0 Å². The van der Waals surface area contributed by atoms with E-state index in [4.69, 9.17) is 0 Å². The number of nitrogens with zero attached hydrogens (tertiary/aromatic N) is 2. The van der Waals surface area contributed by atoms with Gasteiger partial charge in [-0.15, -0.1) is 0 Å². The lowest BCUT2D eigenvalue weighted by molar-refractivity contribution is 1.00. The predicted octanol–water partition coefficient (Wildman–Crippen LogP) is 2.31. The van der Waals surface area contributed by atoms with Crippen molar-refractivity contribution in [1.29, 1.82) is 0 Å². The number of hydrogen-bond donors (Lipinski definition) is 2. The van der Waals surface area contributed by atoms with Gasteiger partial charge in [-0.2, -0.15) is 0 Å². The van der Waals surface area contributed by atoms with Crippen molar-refractivity contribution in [3.8, 4) is 0 Å². The SMILES string of the molecule is CCc1nc2cc3[nH]c(C)nc3cc2[nH]1. The molecule has 0 saturated carbocycles. The minimum absolute atomic E-state index is 0.926. The van der Waals surface area contributed by atoms with Crippen LogP contribution in [0.5, 0.6) is 0 Å². The fourth-order valence-electron chi connectivity index (χ4n) is 1.86. The first kappa shape index (κ1) is 8.47. The average Bonchev–Trinajstić information content (AvgIpc) is 2.74. The second kappa shape index (κ2) is 2.82. The summed E-state index contributed by atoms with van der Waals surface area (Å²) < 4.78 is 0. The molecule has 0 aliphatic carbocycles. The van der Waals surface area contributed by atoms with Gasteiger partial charge in [0.15, 0.2) is 0 Å². The monoisotopic (exact) mass is 200 g/mol. The Morgan fingerprint density at radius 2 is 1.73 bits per heavy atom. The Balaban J connectivity index is 2.37. The predicted molar refractivity (Wildman–Crippen MR) is 59.9 cm³/mol. The molecule has 76 valence electrons. The number of imidazole rings is 2. The fraction of sp³-hybridized carbons (Fsp3) is 0.273. The highest BCUT2D eigenvalue weighted by atomic mass is 14.9. The number of fused-ring (bicyclic) bond motifs is 2. The summed E-state index contributed by atoms with van der Waals surface area (Å²) in [5.41, 5.74) is 4.11. The molecule has 0 aliphatic rings. The highest BCUT2D eigenvalue weighted by Gasteiger charge is 2.05. The minimum atomic E-state index is 0.926. The van der Waals surface area contributed by atoms with Gasteiger partial charge in [-0.3, -0.25) is 0 Å². The molecule has 0 atom stereocenters. The molecule has 0 unspecified atom stereocenters. The fourth-order valence-corrected chi connectivity index (χ4v) is 1.86. The molecule has 2 heterocycles. The van der Waals surface area contributed by atoms with Crippen LogP contribution < -0.4 is 0 Å². The molecule has 0 spiro atoms. The standard InChI is InChI=1S/C11H12N4/c1-3-11-14-9-4-7-8(5-10(9)15-11)13-6(2)12-7/h4-5H,3H2,1-2H3,(H,12,13)(H,14,15). The quantitative estimate of drug-likeness (QED) is 0.633. The van der Waals surface area contributed by atoms with Crippen molar-refractivity contribution in [2.75, 3.05) is 0 Å². The van der Waals surface area contributed by atoms with Crippen molar-refractivity contribution in [2.45, 2.75) is 20.3 Å². The zero-order chi connectivity index (χ0) is 10.4. The number of benzene rings is 1. The van der Waals surface area contributed by atoms with E-state index in [1.54, 1.807) is 0 Å². The van der Waals surface area contributed by atoms with Crippen molar-refractivity contribution in [1.82, 2.24) is 19.9 Å². The summed E-state index contributed by atoms with van der Waals surface area (Å²) in [7, 11) is 0. The number of rotatable bonds is 1. The summed E-state index contributed by atoms with van der Waals surface area (Å²) in [5, 5.41) is 0. The maximum Gasteiger partial charge on any atom is 0.106 e. The van der Waals surface area contributed by atoms with Gasteiger partial charge in [0, 0.05) is 6.42 Å². The lowest BCUT2D eigenvalue weighted by Crippen LogP contribution is -1.79. The Labute approximate surface area is 86.7 Å². The molecule has 0 aliphatic heterocycles. The smallest absolute Gasteiger partial charge is 0.106 e. The van der Waals surface area contributed by atoms with Crippen LogP contribution in [0.25, 0.3) is 22.1 Å². The Kier molecular flexibility index (Phi) is 1.59. The molecule has 0 fully saturated rings. The molecular weight excluding hydrogens is 188 g/mol. The molecule has 0 bridgehead atoms. The first-order chi connectivity index (χ1) is 7.26. The van der Waals surface area contributed by atoms with Crippen LogP contribution in [0.2, 0.25) is 0 Å². The van der Waals surface area contributed by atoms with E-state index in [9.17, 15) is 0 Å². The average molecular weight is 200 g/mol. The van der Waals surface area contributed by atoms with E-state index in [-0.39, 0.29) is 0 Å². The summed E-state index contributed by atoms with van der Waals surface area (Å²) in [4.78, 5) is 15.4. The van der Waals surface area contributed by atoms with Crippen LogP contribution in [-0.4, -0.2) is 19.9 Å². The normalized spacial score (nSPS) is 11.6. The van der Waals surface area contributed by atoms with Crippen LogP contribution in [0.4, 0.5) is 0 Å². The summed E-state index contributed by atoms with van der Waals surface area (Å²) in [6, 6.07) is 4.08. The van der Waals surface area contributed by atoms with Crippen LogP contribution in [-0.2, 0) is 6.42 Å². The molecular formula is C11H12N4. The number of aromatic amines is 2. The molecule has 3 rings (SSSR count). The molecule has 4 heteroatoms. The van der Waals surface area contributed by atoms with Crippen LogP contribution in [0, 0.1) is 6.92 Å². The van der Waals surface area contributed by atoms with Gasteiger partial charge in [0.2, 0.25) is 0 Å². The van der Waals surface area contributed by atoms with Crippen molar-refractivity contribution in [3.05, 3.63) is 23.8 Å². The number of nitrogens with one attached hydrogen (secondary N) is 2. The summed E-state index contributed by atoms with van der Waals surface area (Å²) in [6.07, 6.45) is 0.926. The van der Waals surface area contributed by atoms with Crippen molar-refractivity contribution < 1.29 is 0 Å². The number of aryl methyl sites for hydroxylation is 2. The van der Waals surface area contributed by atoms with Gasteiger partial charge in [-0.25, -0.2) is 9.97 Å². The first-order valence-electron chi connectivity index (χ1n) is 5.11. The topological polar surface area (TPSA) is 57.4 Å². The van der Waals surface area contributed by atoms with Gasteiger partial charge >= 0.3 is 0 Å². The second-order valence-electron chi connectivity index (χ2n) is 3.75. The zero-order valence-electron chi connectivity index (χ0n) is 8.76. The van der Waals surface area contributed by atoms with E-state index >= 15 is 0 Å². The molecule has 0 amide bonds. The van der Waals surface area contributed by atoms with E-state index in [0.717, 1.165) is 40.1 Å². The summed E-state index contributed by atoms with van der Waals surface area (Å²) >= 11 is 0. The molecule has 2 N–H and O–H groups in total. The van der Waals surface area contributed by atoms with Crippen LogP contribution in [0.3, 0.4) is 0 Å². The molecule has 0 radical (unpaired) electrons. The second-order valence-corrected chi connectivity index (χ2v) is 3.75. The van der Waals surface area contributed by atoms with E-state index in [1.807, 2.05) is 19.1 Å². The highest BCUT2D eigenvalue weighted by Crippen LogP contribution is 2.19. The lowest BCUT2D eigenvalue weighted by atomic mass is 10.3. The van der Waals surface area contributed by atoms with Crippen LogP contribution >= 0.6 is 0 Å². The van der Waals surface area contributed by atoms with E-state index in [2.05, 4.69) is 26.9 Å². The summed E-state index contributed by atoms with van der Waals surface area (Å²) in [5.74, 6) is 1.96. The molecule has 3 aromatic rings. The Morgan fingerprint density at radius 3 is 2.47 bits per heavy atom. The summed E-state index contributed by atoms with van der Waals surface area (Å²) in [6.45, 7) is 4.05. The number of hydrogen-bond acceptors (Lipinski definition) is 2.